The van der Waals surface area contributed by atoms with E-state index < -0.39 is 0 Å². The summed E-state index contributed by atoms with van der Waals surface area (Å²) in [5.74, 6) is 0.996. The molecule has 3 rings (SSSR count). The van der Waals surface area contributed by atoms with Gasteiger partial charge in [-0.1, -0.05) is 6.92 Å². The number of carbonyl (C=O) groups is 1. The van der Waals surface area contributed by atoms with Gasteiger partial charge in [-0.3, -0.25) is 4.79 Å². The Morgan fingerprint density at radius 3 is 2.72 bits per heavy atom. The minimum atomic E-state index is 0.201. The molecule has 0 unspecified atom stereocenters. The molecule has 98 valence electrons. The Labute approximate surface area is 107 Å². The first kappa shape index (κ1) is 11.7. The first-order chi connectivity index (χ1) is 8.60. The Morgan fingerprint density at radius 1 is 1.44 bits per heavy atom. The molecule has 0 bridgehead atoms. The average Bonchev–Trinajstić information content (AvgIpc) is 2.68. The van der Waals surface area contributed by atoms with Crippen molar-refractivity contribution >= 4 is 5.91 Å². The first-order valence-corrected chi connectivity index (χ1v) is 6.59. The van der Waals surface area contributed by atoms with E-state index in [9.17, 15) is 4.79 Å². The van der Waals surface area contributed by atoms with Gasteiger partial charge in [-0.05, 0) is 13.5 Å². The summed E-state index contributed by atoms with van der Waals surface area (Å²) in [6, 6.07) is 0. The van der Waals surface area contributed by atoms with Gasteiger partial charge >= 0.3 is 0 Å². The number of likely N-dealkylation sites (tertiary alicyclic amines) is 2. The fourth-order valence-electron chi connectivity index (χ4n) is 3.17. The number of carbonyl (C=O) groups excluding carboxylic acids is 1. The van der Waals surface area contributed by atoms with Crippen LogP contribution in [0.3, 0.4) is 0 Å². The Bertz CT molecular complexity index is 453. The third-order valence-corrected chi connectivity index (χ3v) is 4.00. The number of rotatable bonds is 3. The highest BCUT2D eigenvalue weighted by Crippen LogP contribution is 2.38. The zero-order valence-electron chi connectivity index (χ0n) is 11.1. The lowest BCUT2D eigenvalue weighted by Crippen LogP contribution is -2.72. The van der Waals surface area contributed by atoms with Crippen LogP contribution >= 0.6 is 0 Å². The zero-order valence-corrected chi connectivity index (χ0v) is 11.1. The Kier molecular flexibility index (Phi) is 2.66. The molecule has 0 atom stereocenters. The van der Waals surface area contributed by atoms with Crippen molar-refractivity contribution in [3.8, 4) is 0 Å². The maximum absolute atomic E-state index is 12.1. The van der Waals surface area contributed by atoms with E-state index in [1.54, 1.807) is 0 Å². The SMILES string of the molecule is CCc1cnc(CC(=O)N2CC3(CN(C)C3)C2)[nH]1. The summed E-state index contributed by atoms with van der Waals surface area (Å²) in [4.78, 5) is 23.7. The van der Waals surface area contributed by atoms with Crippen molar-refractivity contribution < 1.29 is 4.79 Å². The number of aromatic amines is 1. The maximum atomic E-state index is 12.1. The van der Waals surface area contributed by atoms with Crippen LogP contribution in [0.2, 0.25) is 0 Å². The normalized spacial score (nSPS) is 21.8. The van der Waals surface area contributed by atoms with Gasteiger partial charge in [0.1, 0.15) is 5.82 Å². The number of imidazole rings is 1. The number of hydrogen-bond acceptors (Lipinski definition) is 3. The van der Waals surface area contributed by atoms with E-state index in [-0.39, 0.29) is 5.91 Å². The second-order valence-electron chi connectivity index (χ2n) is 5.81. The molecule has 2 aliphatic heterocycles. The second kappa shape index (κ2) is 4.09. The van der Waals surface area contributed by atoms with E-state index in [0.717, 1.165) is 44.1 Å². The van der Waals surface area contributed by atoms with Crippen LogP contribution in [0.1, 0.15) is 18.4 Å². The van der Waals surface area contributed by atoms with Crippen molar-refractivity contribution in [2.75, 3.05) is 33.2 Å². The summed E-state index contributed by atoms with van der Waals surface area (Å²) in [6.07, 6.45) is 3.16. The molecule has 18 heavy (non-hydrogen) atoms. The molecular weight excluding hydrogens is 228 g/mol. The van der Waals surface area contributed by atoms with Crippen LogP contribution in [0.25, 0.3) is 0 Å². The molecule has 1 amide bonds. The predicted molar refractivity (Wildman–Crippen MR) is 68.2 cm³/mol. The lowest BCUT2D eigenvalue weighted by molar-refractivity contribution is -0.155. The van der Waals surface area contributed by atoms with Gasteiger partial charge < -0.3 is 14.8 Å². The fraction of sp³-hybridized carbons (Fsp3) is 0.692. The lowest BCUT2D eigenvalue weighted by atomic mass is 9.73. The van der Waals surface area contributed by atoms with Crippen LogP contribution in [0.15, 0.2) is 6.20 Å². The number of nitrogens with one attached hydrogen (secondary N) is 1. The Morgan fingerprint density at radius 2 is 2.17 bits per heavy atom. The smallest absolute Gasteiger partial charge is 0.230 e. The largest absolute Gasteiger partial charge is 0.345 e. The van der Waals surface area contributed by atoms with Gasteiger partial charge in [0.05, 0.1) is 6.42 Å². The third-order valence-electron chi connectivity index (χ3n) is 4.00. The predicted octanol–water partition coefficient (Wildman–Crippen LogP) is 0.289. The zero-order chi connectivity index (χ0) is 12.8. The van der Waals surface area contributed by atoms with Crippen LogP contribution in [0.4, 0.5) is 0 Å². The summed E-state index contributed by atoms with van der Waals surface area (Å²) < 4.78 is 0. The van der Waals surface area contributed by atoms with Gasteiger partial charge in [-0.2, -0.15) is 0 Å². The molecule has 1 spiro atoms. The summed E-state index contributed by atoms with van der Waals surface area (Å²) in [5, 5.41) is 0. The molecule has 2 aliphatic rings. The molecule has 0 saturated carbocycles. The van der Waals surface area contributed by atoms with Crippen LogP contribution in [-0.4, -0.2) is 58.9 Å². The van der Waals surface area contributed by atoms with E-state index in [0.29, 0.717) is 11.8 Å². The van der Waals surface area contributed by atoms with Crippen LogP contribution < -0.4 is 0 Å². The summed E-state index contributed by atoms with van der Waals surface area (Å²) in [6.45, 7) is 6.20. The van der Waals surface area contributed by atoms with Crippen molar-refractivity contribution in [2.24, 2.45) is 5.41 Å². The number of aromatic nitrogens is 2. The molecule has 5 heteroatoms. The molecule has 3 heterocycles. The summed E-state index contributed by atoms with van der Waals surface area (Å²) >= 11 is 0. The highest BCUT2D eigenvalue weighted by atomic mass is 16.2. The second-order valence-corrected chi connectivity index (χ2v) is 5.81. The molecule has 1 aromatic heterocycles. The van der Waals surface area contributed by atoms with Crippen molar-refractivity contribution in [3.05, 3.63) is 17.7 Å². The maximum Gasteiger partial charge on any atom is 0.230 e. The lowest BCUT2D eigenvalue weighted by Gasteiger charge is -2.59. The number of amides is 1. The van der Waals surface area contributed by atoms with Crippen molar-refractivity contribution in [2.45, 2.75) is 19.8 Å². The van der Waals surface area contributed by atoms with E-state index in [1.807, 2.05) is 11.1 Å². The van der Waals surface area contributed by atoms with Gasteiger partial charge in [-0.15, -0.1) is 0 Å². The minimum absolute atomic E-state index is 0.201. The number of H-pyrrole nitrogens is 1. The standard InChI is InChI=1S/C13H20N4O/c1-3-10-5-14-11(15-10)4-12(18)17-8-13(9-17)6-16(2)7-13/h5H,3-4,6-9H2,1-2H3,(H,14,15). The van der Waals surface area contributed by atoms with Crippen LogP contribution in [0, 0.1) is 5.41 Å². The monoisotopic (exact) mass is 248 g/mol. The number of nitrogens with zero attached hydrogens (tertiary/aromatic N) is 3. The topological polar surface area (TPSA) is 52.2 Å². The quantitative estimate of drug-likeness (QED) is 0.836. The van der Waals surface area contributed by atoms with Gasteiger partial charge in [0.25, 0.3) is 0 Å². The molecule has 2 saturated heterocycles. The van der Waals surface area contributed by atoms with Gasteiger partial charge in [0.2, 0.25) is 5.91 Å². The summed E-state index contributed by atoms with van der Waals surface area (Å²) in [7, 11) is 2.13. The molecule has 1 aromatic rings. The number of aryl methyl sites for hydroxylation is 1. The van der Waals surface area contributed by atoms with E-state index in [1.165, 1.54) is 0 Å². The first-order valence-electron chi connectivity index (χ1n) is 6.59. The molecule has 2 fully saturated rings. The highest BCUT2D eigenvalue weighted by molar-refractivity contribution is 5.79. The van der Waals surface area contributed by atoms with Crippen LogP contribution in [0.5, 0.6) is 0 Å². The van der Waals surface area contributed by atoms with Crippen molar-refractivity contribution in [3.63, 3.8) is 0 Å². The highest BCUT2D eigenvalue weighted by Gasteiger charge is 2.51. The van der Waals surface area contributed by atoms with Crippen molar-refractivity contribution in [1.82, 2.24) is 19.8 Å². The van der Waals surface area contributed by atoms with Gasteiger partial charge in [0, 0.05) is 43.5 Å². The summed E-state index contributed by atoms with van der Waals surface area (Å²) in [5.41, 5.74) is 1.51. The third kappa shape index (κ3) is 1.92. The number of hydrogen-bond donors (Lipinski definition) is 1. The van der Waals surface area contributed by atoms with E-state index in [4.69, 9.17) is 0 Å². The fourth-order valence-corrected chi connectivity index (χ4v) is 3.17. The molecule has 1 N–H and O–H groups in total. The van der Waals surface area contributed by atoms with Gasteiger partial charge in [0.15, 0.2) is 0 Å². The van der Waals surface area contributed by atoms with Crippen molar-refractivity contribution in [1.29, 1.82) is 0 Å². The molecule has 5 nitrogen and oxygen atoms in total. The molecule has 0 aromatic carbocycles. The van der Waals surface area contributed by atoms with Gasteiger partial charge in [-0.25, -0.2) is 4.98 Å². The molecular formula is C13H20N4O. The van der Waals surface area contributed by atoms with E-state index in [2.05, 4.69) is 28.8 Å². The molecule has 0 aliphatic carbocycles. The Hall–Kier alpha value is -1.36. The molecule has 0 radical (unpaired) electrons. The Balaban J connectivity index is 1.51. The van der Waals surface area contributed by atoms with E-state index >= 15 is 0 Å². The minimum Gasteiger partial charge on any atom is -0.345 e. The van der Waals surface area contributed by atoms with Crippen LogP contribution in [-0.2, 0) is 17.6 Å². The average molecular weight is 248 g/mol.